The van der Waals surface area contributed by atoms with Gasteiger partial charge >= 0.3 is 0 Å². The molecule has 0 aliphatic heterocycles. The highest BCUT2D eigenvalue weighted by Gasteiger charge is 2.07. The highest BCUT2D eigenvalue weighted by molar-refractivity contribution is 7.99. The first-order valence-corrected chi connectivity index (χ1v) is 8.47. The summed E-state index contributed by atoms with van der Waals surface area (Å²) in [6.07, 6.45) is 0.975. The van der Waals surface area contributed by atoms with E-state index in [1.165, 1.54) is 5.56 Å². The molecule has 1 heterocycles. The predicted octanol–water partition coefficient (Wildman–Crippen LogP) is 4.29. The first-order chi connectivity index (χ1) is 11.3. The van der Waals surface area contributed by atoms with Gasteiger partial charge in [-0.1, -0.05) is 54.2 Å². The number of benzene rings is 2. The van der Waals surface area contributed by atoms with Gasteiger partial charge in [-0.2, -0.15) is 0 Å². The predicted molar refractivity (Wildman–Crippen MR) is 90.7 cm³/mol. The Hall–Kier alpha value is -2.27. The van der Waals surface area contributed by atoms with Crippen LogP contribution in [0.5, 0.6) is 5.75 Å². The van der Waals surface area contributed by atoms with E-state index in [0.29, 0.717) is 11.1 Å². The smallest absolute Gasteiger partial charge is 0.276 e. The topological polar surface area (TPSA) is 48.2 Å². The van der Waals surface area contributed by atoms with Crippen molar-refractivity contribution in [3.05, 3.63) is 71.6 Å². The monoisotopic (exact) mass is 326 g/mol. The Kier molecular flexibility index (Phi) is 5.32. The van der Waals surface area contributed by atoms with E-state index in [-0.39, 0.29) is 6.61 Å². The van der Waals surface area contributed by atoms with Gasteiger partial charge in [0.2, 0.25) is 0 Å². The van der Waals surface area contributed by atoms with Crippen molar-refractivity contribution < 1.29 is 9.15 Å². The van der Waals surface area contributed by atoms with Crippen LogP contribution in [-0.2, 0) is 13.0 Å². The second kappa shape index (κ2) is 7.83. The van der Waals surface area contributed by atoms with Crippen molar-refractivity contribution in [1.29, 1.82) is 0 Å². The van der Waals surface area contributed by atoms with Crippen molar-refractivity contribution in [1.82, 2.24) is 10.2 Å². The number of aryl methyl sites for hydroxylation is 2. The number of ether oxygens (including phenoxy) is 1. The Balaban J connectivity index is 1.46. The maximum absolute atomic E-state index is 5.65. The summed E-state index contributed by atoms with van der Waals surface area (Å²) in [5, 5.41) is 8.65. The van der Waals surface area contributed by atoms with Crippen molar-refractivity contribution in [3.63, 3.8) is 0 Å². The Morgan fingerprint density at radius 3 is 2.74 bits per heavy atom. The molecule has 0 fully saturated rings. The number of hydrogen-bond donors (Lipinski definition) is 0. The standard InChI is InChI=1S/C18H18N2O2S/c1-14-6-5-9-16(12-14)21-13-17-19-20-18(22-17)23-11-10-15-7-3-2-4-8-15/h2-9,12H,10-11,13H2,1H3. The van der Waals surface area contributed by atoms with E-state index in [2.05, 4.69) is 22.3 Å². The Labute approximate surface area is 139 Å². The lowest BCUT2D eigenvalue weighted by Gasteiger charge is -2.03. The molecule has 3 rings (SSSR count). The van der Waals surface area contributed by atoms with Gasteiger partial charge in [0, 0.05) is 5.75 Å². The number of hydrogen-bond acceptors (Lipinski definition) is 5. The van der Waals surface area contributed by atoms with Gasteiger partial charge in [-0.3, -0.25) is 0 Å². The number of nitrogens with zero attached hydrogens (tertiary/aromatic N) is 2. The van der Waals surface area contributed by atoms with E-state index in [1.54, 1.807) is 11.8 Å². The zero-order valence-corrected chi connectivity index (χ0v) is 13.8. The van der Waals surface area contributed by atoms with Crippen LogP contribution in [0.25, 0.3) is 0 Å². The summed E-state index contributed by atoms with van der Waals surface area (Å²) >= 11 is 1.56. The number of rotatable bonds is 7. The number of thioether (sulfide) groups is 1. The fourth-order valence-corrected chi connectivity index (χ4v) is 2.87. The fourth-order valence-electron chi connectivity index (χ4n) is 2.11. The average Bonchev–Trinajstić information content (AvgIpc) is 3.02. The maximum atomic E-state index is 5.65. The Bertz CT molecular complexity index is 744. The summed E-state index contributed by atoms with van der Waals surface area (Å²) in [4.78, 5) is 0. The van der Waals surface area contributed by atoms with Crippen LogP contribution >= 0.6 is 11.8 Å². The summed E-state index contributed by atoms with van der Waals surface area (Å²) < 4.78 is 11.2. The van der Waals surface area contributed by atoms with Gasteiger partial charge in [-0.15, -0.1) is 10.2 Å². The summed E-state index contributed by atoms with van der Waals surface area (Å²) in [5.74, 6) is 2.21. The molecule has 0 bridgehead atoms. The normalized spacial score (nSPS) is 10.7. The molecule has 4 nitrogen and oxygen atoms in total. The van der Waals surface area contributed by atoms with E-state index in [4.69, 9.17) is 9.15 Å². The third-order valence-corrected chi connectivity index (χ3v) is 4.08. The lowest BCUT2D eigenvalue weighted by atomic mass is 10.2. The lowest BCUT2D eigenvalue weighted by molar-refractivity contribution is 0.252. The van der Waals surface area contributed by atoms with Crippen molar-refractivity contribution in [2.75, 3.05) is 5.75 Å². The molecule has 23 heavy (non-hydrogen) atoms. The molecule has 0 N–H and O–H groups in total. The van der Waals surface area contributed by atoms with Crippen LogP contribution in [-0.4, -0.2) is 16.0 Å². The van der Waals surface area contributed by atoms with Crippen LogP contribution in [0.15, 0.2) is 64.2 Å². The minimum absolute atomic E-state index is 0.287. The molecule has 0 radical (unpaired) electrons. The van der Waals surface area contributed by atoms with E-state index < -0.39 is 0 Å². The molecule has 0 saturated carbocycles. The fraction of sp³-hybridized carbons (Fsp3) is 0.222. The van der Waals surface area contributed by atoms with Gasteiger partial charge in [0.05, 0.1) is 0 Å². The molecule has 1 aromatic heterocycles. The van der Waals surface area contributed by atoms with Crippen LogP contribution in [0.4, 0.5) is 0 Å². The molecular formula is C18H18N2O2S. The molecule has 118 valence electrons. The summed E-state index contributed by atoms with van der Waals surface area (Å²) in [5.41, 5.74) is 2.47. The third kappa shape index (κ3) is 4.86. The van der Waals surface area contributed by atoms with Gasteiger partial charge < -0.3 is 9.15 Å². The van der Waals surface area contributed by atoms with Gasteiger partial charge in [-0.05, 0) is 36.6 Å². The van der Waals surface area contributed by atoms with Crippen molar-refractivity contribution >= 4 is 11.8 Å². The largest absolute Gasteiger partial charge is 0.484 e. The molecule has 0 saturated heterocycles. The zero-order valence-electron chi connectivity index (χ0n) is 12.9. The molecule has 0 amide bonds. The molecule has 0 atom stereocenters. The minimum atomic E-state index is 0.287. The maximum Gasteiger partial charge on any atom is 0.276 e. The molecule has 0 aliphatic rings. The quantitative estimate of drug-likeness (QED) is 0.606. The lowest BCUT2D eigenvalue weighted by Crippen LogP contribution is -1.95. The van der Waals surface area contributed by atoms with Gasteiger partial charge in [-0.25, -0.2) is 0 Å². The van der Waals surface area contributed by atoms with Crippen LogP contribution in [0.2, 0.25) is 0 Å². The second-order valence-electron chi connectivity index (χ2n) is 5.15. The molecule has 0 unspecified atom stereocenters. The molecule has 3 aromatic rings. The van der Waals surface area contributed by atoms with E-state index in [1.807, 2.05) is 49.4 Å². The highest BCUT2D eigenvalue weighted by atomic mass is 32.2. The molecule has 0 spiro atoms. The average molecular weight is 326 g/mol. The first-order valence-electron chi connectivity index (χ1n) is 7.48. The third-order valence-electron chi connectivity index (χ3n) is 3.26. The summed E-state index contributed by atoms with van der Waals surface area (Å²) in [6.45, 7) is 2.32. The van der Waals surface area contributed by atoms with E-state index in [9.17, 15) is 0 Å². The Morgan fingerprint density at radius 1 is 1.04 bits per heavy atom. The van der Waals surface area contributed by atoms with Gasteiger partial charge in [0.15, 0.2) is 6.61 Å². The van der Waals surface area contributed by atoms with Crippen molar-refractivity contribution in [2.24, 2.45) is 0 Å². The Morgan fingerprint density at radius 2 is 1.91 bits per heavy atom. The summed E-state index contributed by atoms with van der Waals surface area (Å²) in [7, 11) is 0. The molecule has 0 aliphatic carbocycles. The van der Waals surface area contributed by atoms with Crippen LogP contribution in [0, 0.1) is 6.92 Å². The van der Waals surface area contributed by atoms with Crippen LogP contribution in [0.3, 0.4) is 0 Å². The molecule has 5 heteroatoms. The van der Waals surface area contributed by atoms with Gasteiger partial charge in [0.25, 0.3) is 11.1 Å². The van der Waals surface area contributed by atoms with E-state index in [0.717, 1.165) is 23.5 Å². The van der Waals surface area contributed by atoms with Crippen molar-refractivity contribution in [3.8, 4) is 5.75 Å². The molecular weight excluding hydrogens is 308 g/mol. The summed E-state index contributed by atoms with van der Waals surface area (Å²) in [6, 6.07) is 18.2. The number of aromatic nitrogens is 2. The molecule has 2 aromatic carbocycles. The highest BCUT2D eigenvalue weighted by Crippen LogP contribution is 2.19. The SMILES string of the molecule is Cc1cccc(OCc2nnc(SCCc3ccccc3)o2)c1. The van der Waals surface area contributed by atoms with Crippen molar-refractivity contribution in [2.45, 2.75) is 25.2 Å². The van der Waals surface area contributed by atoms with Crippen LogP contribution in [0.1, 0.15) is 17.0 Å². The van der Waals surface area contributed by atoms with Gasteiger partial charge in [0.1, 0.15) is 5.75 Å². The van der Waals surface area contributed by atoms with E-state index >= 15 is 0 Å². The minimum Gasteiger partial charge on any atom is -0.484 e. The first kappa shape index (κ1) is 15.6. The second-order valence-corrected chi connectivity index (χ2v) is 6.20. The van der Waals surface area contributed by atoms with Crippen LogP contribution < -0.4 is 4.74 Å². The zero-order chi connectivity index (χ0) is 15.9.